The molecule has 0 radical (unpaired) electrons. The molecule has 25 heavy (non-hydrogen) atoms. The van der Waals surface area contributed by atoms with Crippen LogP contribution in [0.15, 0.2) is 42.7 Å². The first-order valence-corrected chi connectivity index (χ1v) is 8.82. The number of amides is 1. The van der Waals surface area contributed by atoms with Crippen LogP contribution in [0.4, 0.5) is 5.95 Å². The van der Waals surface area contributed by atoms with Gasteiger partial charge in [-0.2, -0.15) is 0 Å². The minimum absolute atomic E-state index is 0.0790. The van der Waals surface area contributed by atoms with E-state index >= 15 is 0 Å². The number of aromatic nitrogens is 2. The van der Waals surface area contributed by atoms with Gasteiger partial charge in [0, 0.05) is 31.5 Å². The second kappa shape index (κ2) is 7.09. The zero-order valence-electron chi connectivity index (χ0n) is 14.1. The van der Waals surface area contributed by atoms with Crippen molar-refractivity contribution >= 4 is 11.9 Å². The number of hydrogen-bond donors (Lipinski definition) is 1. The summed E-state index contributed by atoms with van der Waals surface area (Å²) in [6.45, 7) is 2.12. The van der Waals surface area contributed by atoms with Gasteiger partial charge in [0.1, 0.15) is 12.4 Å². The van der Waals surface area contributed by atoms with Crippen LogP contribution in [-0.2, 0) is 11.2 Å². The molecule has 1 aromatic carbocycles. The lowest BCUT2D eigenvalue weighted by Crippen LogP contribution is -2.50. The molecular formula is C19H22N4O2. The Morgan fingerprint density at radius 2 is 2.04 bits per heavy atom. The van der Waals surface area contributed by atoms with Crippen molar-refractivity contribution in [1.29, 1.82) is 0 Å². The Morgan fingerprint density at radius 1 is 1.20 bits per heavy atom. The Morgan fingerprint density at radius 3 is 2.92 bits per heavy atom. The highest BCUT2D eigenvalue weighted by Gasteiger charge is 2.29. The van der Waals surface area contributed by atoms with Crippen LogP contribution in [0.2, 0.25) is 0 Å². The van der Waals surface area contributed by atoms with Gasteiger partial charge in [-0.05, 0) is 37.0 Å². The van der Waals surface area contributed by atoms with E-state index in [4.69, 9.17) is 4.74 Å². The molecule has 0 saturated carbocycles. The van der Waals surface area contributed by atoms with Gasteiger partial charge in [0.25, 0.3) is 0 Å². The number of rotatable bonds is 3. The maximum absolute atomic E-state index is 12.7. The number of para-hydroxylation sites is 1. The molecule has 0 spiro atoms. The van der Waals surface area contributed by atoms with Gasteiger partial charge in [-0.3, -0.25) is 4.79 Å². The number of carbonyl (C=O) groups is 1. The fourth-order valence-corrected chi connectivity index (χ4v) is 3.55. The summed E-state index contributed by atoms with van der Waals surface area (Å²) >= 11 is 0. The lowest BCUT2D eigenvalue weighted by atomic mass is 9.95. The summed E-state index contributed by atoms with van der Waals surface area (Å²) < 4.78 is 5.75. The van der Waals surface area contributed by atoms with Crippen LogP contribution in [0.5, 0.6) is 5.75 Å². The molecule has 1 saturated heterocycles. The third-order valence-corrected chi connectivity index (χ3v) is 4.85. The first kappa shape index (κ1) is 15.9. The average Bonchev–Trinajstić information content (AvgIpc) is 2.68. The SMILES string of the molecule is O=C(N[C@@H]1CCCN(c2ncccn2)C1)[C@H]1COc2ccccc2C1. The summed E-state index contributed by atoms with van der Waals surface area (Å²) in [5.41, 5.74) is 1.11. The lowest BCUT2D eigenvalue weighted by molar-refractivity contribution is -0.127. The van der Waals surface area contributed by atoms with Crippen molar-refractivity contribution in [3.05, 3.63) is 48.3 Å². The molecule has 0 unspecified atom stereocenters. The van der Waals surface area contributed by atoms with Crippen molar-refractivity contribution in [3.8, 4) is 5.75 Å². The molecule has 6 nitrogen and oxygen atoms in total. The van der Waals surface area contributed by atoms with E-state index < -0.39 is 0 Å². The van der Waals surface area contributed by atoms with Crippen molar-refractivity contribution in [2.45, 2.75) is 25.3 Å². The quantitative estimate of drug-likeness (QED) is 0.924. The Balaban J connectivity index is 1.36. The maximum Gasteiger partial charge on any atom is 0.227 e. The van der Waals surface area contributed by atoms with Crippen molar-refractivity contribution in [2.75, 3.05) is 24.6 Å². The summed E-state index contributed by atoms with van der Waals surface area (Å²) in [4.78, 5) is 23.4. The topological polar surface area (TPSA) is 67.4 Å². The summed E-state index contributed by atoms with van der Waals surface area (Å²) in [6, 6.07) is 9.88. The molecule has 1 amide bonds. The van der Waals surface area contributed by atoms with Gasteiger partial charge in [-0.15, -0.1) is 0 Å². The molecule has 1 N–H and O–H groups in total. The van der Waals surface area contributed by atoms with Gasteiger partial charge in [-0.1, -0.05) is 18.2 Å². The highest BCUT2D eigenvalue weighted by molar-refractivity contribution is 5.80. The summed E-state index contributed by atoms with van der Waals surface area (Å²) in [7, 11) is 0. The van der Waals surface area contributed by atoms with Crippen molar-refractivity contribution in [2.24, 2.45) is 5.92 Å². The third-order valence-electron chi connectivity index (χ3n) is 4.85. The second-order valence-electron chi connectivity index (χ2n) is 6.66. The second-order valence-corrected chi connectivity index (χ2v) is 6.66. The van der Waals surface area contributed by atoms with Gasteiger partial charge in [-0.25, -0.2) is 9.97 Å². The largest absolute Gasteiger partial charge is 0.492 e. The monoisotopic (exact) mass is 338 g/mol. The average molecular weight is 338 g/mol. The van der Waals surface area contributed by atoms with Crippen LogP contribution in [-0.4, -0.2) is 41.6 Å². The van der Waals surface area contributed by atoms with E-state index in [0.717, 1.165) is 49.6 Å². The number of nitrogens with zero attached hydrogens (tertiary/aromatic N) is 3. The Hall–Kier alpha value is -2.63. The Kier molecular flexibility index (Phi) is 4.50. The van der Waals surface area contributed by atoms with E-state index in [0.29, 0.717) is 6.61 Å². The van der Waals surface area contributed by atoms with E-state index in [1.54, 1.807) is 12.4 Å². The van der Waals surface area contributed by atoms with Crippen molar-refractivity contribution in [1.82, 2.24) is 15.3 Å². The zero-order valence-corrected chi connectivity index (χ0v) is 14.1. The Bertz CT molecular complexity index is 737. The molecule has 0 bridgehead atoms. The minimum atomic E-state index is -0.127. The van der Waals surface area contributed by atoms with Crippen LogP contribution < -0.4 is 15.0 Å². The van der Waals surface area contributed by atoms with Gasteiger partial charge < -0.3 is 15.0 Å². The predicted octanol–water partition coefficient (Wildman–Crippen LogP) is 1.81. The Labute approximate surface area is 147 Å². The minimum Gasteiger partial charge on any atom is -0.492 e. The summed E-state index contributed by atoms with van der Waals surface area (Å²) in [5, 5.41) is 3.20. The standard InChI is InChI=1S/C19H22N4O2/c24-18(15-11-14-5-1-2-7-17(14)25-13-15)22-16-6-3-10-23(12-16)19-20-8-4-9-21-19/h1-2,4-5,7-9,15-16H,3,6,10-13H2,(H,22,24)/t15-,16-/m1/s1. The third kappa shape index (κ3) is 3.57. The van der Waals surface area contributed by atoms with Crippen molar-refractivity contribution in [3.63, 3.8) is 0 Å². The van der Waals surface area contributed by atoms with E-state index in [1.807, 2.05) is 30.3 Å². The molecule has 130 valence electrons. The number of fused-ring (bicyclic) bond motifs is 1. The molecule has 2 atom stereocenters. The molecule has 6 heteroatoms. The van der Waals surface area contributed by atoms with E-state index in [9.17, 15) is 4.79 Å². The lowest BCUT2D eigenvalue weighted by Gasteiger charge is -2.34. The van der Waals surface area contributed by atoms with Crippen LogP contribution in [0.25, 0.3) is 0 Å². The molecule has 2 aliphatic heterocycles. The number of benzene rings is 1. The van der Waals surface area contributed by atoms with Crippen LogP contribution in [0.1, 0.15) is 18.4 Å². The highest BCUT2D eigenvalue weighted by atomic mass is 16.5. The molecule has 0 aliphatic carbocycles. The van der Waals surface area contributed by atoms with E-state index in [-0.39, 0.29) is 17.9 Å². The van der Waals surface area contributed by atoms with E-state index in [2.05, 4.69) is 20.2 Å². The number of nitrogens with one attached hydrogen (secondary N) is 1. The summed E-state index contributed by atoms with van der Waals surface area (Å²) in [6.07, 6.45) is 6.25. The molecule has 1 fully saturated rings. The predicted molar refractivity (Wildman–Crippen MR) is 94.5 cm³/mol. The molecule has 1 aromatic heterocycles. The first-order valence-electron chi connectivity index (χ1n) is 8.82. The van der Waals surface area contributed by atoms with Gasteiger partial charge in [0.15, 0.2) is 0 Å². The molecule has 2 aliphatic rings. The molecule has 4 rings (SSSR count). The number of hydrogen-bond acceptors (Lipinski definition) is 5. The van der Waals surface area contributed by atoms with E-state index in [1.165, 1.54) is 0 Å². The normalized spacial score (nSPS) is 22.6. The fourth-order valence-electron chi connectivity index (χ4n) is 3.55. The zero-order chi connectivity index (χ0) is 17.1. The number of ether oxygens (including phenoxy) is 1. The number of piperidine rings is 1. The molecular weight excluding hydrogens is 316 g/mol. The summed E-state index contributed by atoms with van der Waals surface area (Å²) in [5.74, 6) is 1.58. The van der Waals surface area contributed by atoms with Gasteiger partial charge >= 0.3 is 0 Å². The van der Waals surface area contributed by atoms with Gasteiger partial charge in [0.2, 0.25) is 11.9 Å². The van der Waals surface area contributed by atoms with Crippen LogP contribution >= 0.6 is 0 Å². The first-order chi connectivity index (χ1) is 12.3. The van der Waals surface area contributed by atoms with Crippen LogP contribution in [0, 0.1) is 5.92 Å². The highest BCUT2D eigenvalue weighted by Crippen LogP contribution is 2.27. The molecule has 2 aromatic rings. The fraction of sp³-hybridized carbons (Fsp3) is 0.421. The van der Waals surface area contributed by atoms with Gasteiger partial charge in [0.05, 0.1) is 5.92 Å². The molecule has 3 heterocycles. The number of anilines is 1. The maximum atomic E-state index is 12.7. The van der Waals surface area contributed by atoms with Crippen LogP contribution in [0.3, 0.4) is 0 Å². The number of carbonyl (C=O) groups excluding carboxylic acids is 1. The van der Waals surface area contributed by atoms with Crippen molar-refractivity contribution < 1.29 is 9.53 Å². The smallest absolute Gasteiger partial charge is 0.227 e.